The molecule has 0 aliphatic rings. The van der Waals surface area contributed by atoms with Crippen molar-refractivity contribution in [1.82, 2.24) is 10.3 Å². The zero-order chi connectivity index (χ0) is 22.1. The van der Waals surface area contributed by atoms with Crippen LogP contribution in [0.1, 0.15) is 29.9 Å². The molecule has 3 rings (SSSR count). The maximum absolute atomic E-state index is 11.5. The van der Waals surface area contributed by atoms with Crippen molar-refractivity contribution in [3.63, 3.8) is 0 Å². The molecule has 1 unspecified atom stereocenters. The molecule has 0 amide bonds. The summed E-state index contributed by atoms with van der Waals surface area (Å²) in [6.45, 7) is 1.02. The SMILES string of the molecule is N#CNC(CS)=NCCCOc1ccc2c(C(CC(=O)O)c3ccccc3)c[nH]c2c1. The summed E-state index contributed by atoms with van der Waals surface area (Å²) >= 11 is 4.11. The first-order chi connectivity index (χ1) is 15.1. The lowest BCUT2D eigenvalue weighted by molar-refractivity contribution is -0.137. The molecule has 0 bridgehead atoms. The number of hydrogen-bond acceptors (Lipinski definition) is 5. The van der Waals surface area contributed by atoms with Crippen molar-refractivity contribution in [3.05, 3.63) is 65.9 Å². The summed E-state index contributed by atoms with van der Waals surface area (Å²) < 4.78 is 5.82. The minimum absolute atomic E-state index is 0.0185. The molecule has 3 aromatic rings. The van der Waals surface area contributed by atoms with Gasteiger partial charge in [0.25, 0.3) is 0 Å². The Morgan fingerprint density at radius 3 is 2.81 bits per heavy atom. The normalized spacial score (nSPS) is 12.3. The van der Waals surface area contributed by atoms with E-state index < -0.39 is 5.97 Å². The quantitative estimate of drug-likeness (QED) is 0.0961. The fraction of sp³-hybridized carbons (Fsp3) is 0.261. The monoisotopic (exact) mass is 436 g/mol. The van der Waals surface area contributed by atoms with E-state index in [1.807, 2.05) is 60.9 Å². The Hall–Kier alpha value is -3.44. The molecule has 0 saturated carbocycles. The number of carboxylic acid groups (broad SMARTS) is 1. The molecule has 2 aromatic carbocycles. The number of amidine groups is 1. The minimum Gasteiger partial charge on any atom is -0.493 e. The molecule has 0 spiro atoms. The summed E-state index contributed by atoms with van der Waals surface area (Å²) in [5.74, 6) is 0.577. The maximum Gasteiger partial charge on any atom is 0.304 e. The van der Waals surface area contributed by atoms with Crippen molar-refractivity contribution in [2.24, 2.45) is 4.99 Å². The third kappa shape index (κ3) is 6.03. The van der Waals surface area contributed by atoms with Gasteiger partial charge in [0.2, 0.25) is 0 Å². The third-order valence-corrected chi connectivity index (χ3v) is 5.16. The van der Waals surface area contributed by atoms with Crippen molar-refractivity contribution < 1.29 is 14.6 Å². The van der Waals surface area contributed by atoms with Gasteiger partial charge in [-0.15, -0.1) is 0 Å². The number of aromatic nitrogens is 1. The van der Waals surface area contributed by atoms with Crippen LogP contribution in [0.3, 0.4) is 0 Å². The van der Waals surface area contributed by atoms with Crippen LogP contribution in [0.5, 0.6) is 5.75 Å². The van der Waals surface area contributed by atoms with Gasteiger partial charge < -0.3 is 14.8 Å². The average Bonchev–Trinajstić information content (AvgIpc) is 3.20. The summed E-state index contributed by atoms with van der Waals surface area (Å²) in [7, 11) is 0. The van der Waals surface area contributed by atoms with Gasteiger partial charge in [-0.2, -0.15) is 17.9 Å². The summed E-state index contributed by atoms with van der Waals surface area (Å²) in [6.07, 6.45) is 4.44. The number of aliphatic imine (C=N–C) groups is 1. The van der Waals surface area contributed by atoms with Gasteiger partial charge in [0.1, 0.15) is 11.6 Å². The molecule has 0 aliphatic carbocycles. The highest BCUT2D eigenvalue weighted by molar-refractivity contribution is 7.81. The summed E-state index contributed by atoms with van der Waals surface area (Å²) in [5, 5.41) is 21.5. The van der Waals surface area contributed by atoms with Crippen LogP contribution in [0.2, 0.25) is 0 Å². The lowest BCUT2D eigenvalue weighted by Gasteiger charge is -2.15. The Morgan fingerprint density at radius 2 is 2.10 bits per heavy atom. The Kier molecular flexibility index (Phi) is 7.96. The number of nitrogens with zero attached hydrogens (tertiary/aromatic N) is 2. The second kappa shape index (κ2) is 11.1. The number of aromatic amines is 1. The number of rotatable bonds is 10. The largest absolute Gasteiger partial charge is 0.493 e. The highest BCUT2D eigenvalue weighted by atomic mass is 32.1. The van der Waals surface area contributed by atoms with E-state index in [1.165, 1.54) is 0 Å². The molecular weight excluding hydrogens is 412 g/mol. The van der Waals surface area contributed by atoms with E-state index in [2.05, 4.69) is 27.9 Å². The summed E-state index contributed by atoms with van der Waals surface area (Å²) in [4.78, 5) is 19.0. The Bertz CT molecular complexity index is 1090. The van der Waals surface area contributed by atoms with Crippen LogP contribution in [0, 0.1) is 11.5 Å². The number of ether oxygens (including phenoxy) is 1. The van der Waals surface area contributed by atoms with E-state index in [9.17, 15) is 9.90 Å². The standard InChI is InChI=1S/C23H24N4O3S/c24-15-27-22(14-31)25-9-4-10-30-17-7-8-18-20(13-26-21(18)11-17)19(12-23(28)29)16-5-2-1-3-6-16/h1-3,5-8,11,13,19,26,31H,4,9-10,12,14H2,(H,25,27)(H,28,29). The van der Waals surface area contributed by atoms with Crippen LogP contribution in [0.4, 0.5) is 0 Å². The van der Waals surface area contributed by atoms with E-state index >= 15 is 0 Å². The molecule has 1 heterocycles. The molecule has 0 aliphatic heterocycles. The minimum atomic E-state index is -0.836. The van der Waals surface area contributed by atoms with Crippen molar-refractivity contribution in [3.8, 4) is 11.9 Å². The molecule has 7 nitrogen and oxygen atoms in total. The highest BCUT2D eigenvalue weighted by Crippen LogP contribution is 2.34. The Labute approximate surface area is 186 Å². The van der Waals surface area contributed by atoms with E-state index in [1.54, 1.807) is 0 Å². The first-order valence-corrected chi connectivity index (χ1v) is 10.6. The van der Waals surface area contributed by atoms with Crippen LogP contribution in [-0.4, -0.2) is 40.8 Å². The van der Waals surface area contributed by atoms with Crippen molar-refractivity contribution in [1.29, 1.82) is 5.26 Å². The predicted molar refractivity (Wildman–Crippen MR) is 124 cm³/mol. The van der Waals surface area contributed by atoms with Gasteiger partial charge in [0, 0.05) is 47.8 Å². The molecule has 160 valence electrons. The van der Waals surface area contributed by atoms with E-state index in [0.29, 0.717) is 31.2 Å². The number of nitriles is 1. The van der Waals surface area contributed by atoms with Crippen LogP contribution in [-0.2, 0) is 4.79 Å². The van der Waals surface area contributed by atoms with E-state index in [4.69, 9.17) is 10.00 Å². The van der Waals surface area contributed by atoms with Crippen LogP contribution in [0.15, 0.2) is 59.7 Å². The molecule has 3 N–H and O–H groups in total. The maximum atomic E-state index is 11.5. The van der Waals surface area contributed by atoms with Gasteiger partial charge in [-0.1, -0.05) is 30.3 Å². The molecule has 1 aromatic heterocycles. The molecule has 0 saturated heterocycles. The van der Waals surface area contributed by atoms with Gasteiger partial charge in [0.15, 0.2) is 6.19 Å². The zero-order valence-electron chi connectivity index (χ0n) is 16.9. The smallest absolute Gasteiger partial charge is 0.304 e. The second-order valence-corrected chi connectivity index (χ2v) is 7.25. The lowest BCUT2D eigenvalue weighted by Crippen LogP contribution is -2.20. The zero-order valence-corrected chi connectivity index (χ0v) is 17.8. The highest BCUT2D eigenvalue weighted by Gasteiger charge is 2.21. The fourth-order valence-electron chi connectivity index (χ4n) is 3.44. The summed E-state index contributed by atoms with van der Waals surface area (Å²) in [5.41, 5.74) is 2.82. The fourth-order valence-corrected chi connectivity index (χ4v) is 3.61. The van der Waals surface area contributed by atoms with Gasteiger partial charge in [-0.3, -0.25) is 15.1 Å². The molecule has 0 fully saturated rings. The van der Waals surface area contributed by atoms with Gasteiger partial charge in [-0.25, -0.2) is 0 Å². The molecule has 31 heavy (non-hydrogen) atoms. The Morgan fingerprint density at radius 1 is 1.29 bits per heavy atom. The van der Waals surface area contributed by atoms with Crippen LogP contribution >= 0.6 is 12.6 Å². The van der Waals surface area contributed by atoms with Crippen molar-refractivity contribution in [2.45, 2.75) is 18.8 Å². The number of aliphatic carboxylic acids is 1. The average molecular weight is 437 g/mol. The van der Waals surface area contributed by atoms with Crippen LogP contribution < -0.4 is 10.1 Å². The second-order valence-electron chi connectivity index (χ2n) is 6.94. The van der Waals surface area contributed by atoms with Gasteiger partial charge in [-0.05, 0) is 23.3 Å². The molecule has 0 radical (unpaired) electrons. The van der Waals surface area contributed by atoms with Crippen molar-refractivity contribution in [2.75, 3.05) is 18.9 Å². The first-order valence-electron chi connectivity index (χ1n) is 9.92. The number of benzene rings is 2. The lowest BCUT2D eigenvalue weighted by atomic mass is 9.88. The number of carboxylic acids is 1. The third-order valence-electron chi connectivity index (χ3n) is 4.87. The first kappa shape index (κ1) is 22.2. The number of nitrogens with one attached hydrogen (secondary N) is 2. The Balaban J connectivity index is 1.69. The molecule has 8 heteroatoms. The number of H-pyrrole nitrogens is 1. The van der Waals surface area contributed by atoms with Gasteiger partial charge >= 0.3 is 5.97 Å². The molecule has 1 atom stereocenters. The van der Waals surface area contributed by atoms with Crippen LogP contribution in [0.25, 0.3) is 10.9 Å². The van der Waals surface area contributed by atoms with E-state index in [0.717, 1.165) is 27.8 Å². The number of thiol groups is 1. The van der Waals surface area contributed by atoms with Crippen molar-refractivity contribution >= 4 is 35.3 Å². The topological polar surface area (TPSA) is 110 Å². The number of fused-ring (bicyclic) bond motifs is 1. The van der Waals surface area contributed by atoms with E-state index in [-0.39, 0.29) is 12.3 Å². The predicted octanol–water partition coefficient (Wildman–Crippen LogP) is 3.94. The summed E-state index contributed by atoms with van der Waals surface area (Å²) in [6, 6.07) is 15.4. The number of hydrogen-bond donors (Lipinski definition) is 4. The molecular formula is C23H24N4O3S. The number of carbonyl (C=O) groups is 1. The van der Waals surface area contributed by atoms with Gasteiger partial charge in [0.05, 0.1) is 13.0 Å².